The Labute approximate surface area is 210 Å². The quantitative estimate of drug-likeness (QED) is 0.321. The summed E-state index contributed by atoms with van der Waals surface area (Å²) >= 11 is 12.5. The fraction of sp³-hybridized carbons (Fsp3) is 0.115. The van der Waals surface area contributed by atoms with E-state index in [2.05, 4.69) is 4.98 Å². The number of anilines is 1. The molecule has 176 valence electrons. The van der Waals surface area contributed by atoms with Crippen molar-refractivity contribution >= 4 is 51.5 Å². The first-order valence-corrected chi connectivity index (χ1v) is 11.3. The number of pyridine rings is 1. The van der Waals surface area contributed by atoms with Crippen LogP contribution in [-0.4, -0.2) is 28.9 Å². The maximum Gasteiger partial charge on any atom is 0.294 e. The molecule has 0 saturated carbocycles. The highest BCUT2D eigenvalue weighted by atomic mass is 35.5. The number of amides is 1. The Bertz CT molecular complexity index is 1530. The Hall–Kier alpha value is -3.81. The van der Waals surface area contributed by atoms with Gasteiger partial charge in [0.05, 0.1) is 18.4 Å². The molecule has 1 amide bonds. The molecular formula is C26H18Cl2N2O5. The van der Waals surface area contributed by atoms with E-state index >= 15 is 0 Å². The lowest BCUT2D eigenvalue weighted by atomic mass is 9.98. The summed E-state index contributed by atoms with van der Waals surface area (Å²) < 4.78 is 11.1. The number of aromatic nitrogens is 1. The molecule has 1 aliphatic heterocycles. The van der Waals surface area contributed by atoms with Crippen LogP contribution in [0.5, 0.6) is 5.75 Å². The summed E-state index contributed by atoms with van der Waals surface area (Å²) in [4.78, 5) is 32.7. The topological polar surface area (TPSA) is 92.9 Å². The van der Waals surface area contributed by atoms with Crippen LogP contribution in [0.3, 0.4) is 0 Å². The summed E-state index contributed by atoms with van der Waals surface area (Å²) in [5.41, 5.74) is 1.78. The molecule has 5 rings (SSSR count). The number of methoxy groups -OCH3 is 1. The number of ketones is 1. The van der Waals surface area contributed by atoms with Crippen molar-refractivity contribution in [3.8, 4) is 5.75 Å². The van der Waals surface area contributed by atoms with E-state index in [0.29, 0.717) is 38.1 Å². The molecule has 2 aromatic heterocycles. The number of hydrogen-bond acceptors (Lipinski definition) is 6. The highest BCUT2D eigenvalue weighted by molar-refractivity contribution is 6.32. The predicted molar refractivity (Wildman–Crippen MR) is 132 cm³/mol. The molecule has 1 unspecified atom stereocenters. The van der Waals surface area contributed by atoms with Gasteiger partial charge in [0.25, 0.3) is 5.91 Å². The Kier molecular flexibility index (Phi) is 5.75. The van der Waals surface area contributed by atoms with Crippen LogP contribution >= 0.6 is 23.2 Å². The van der Waals surface area contributed by atoms with E-state index in [4.69, 9.17) is 32.4 Å². The average Bonchev–Trinajstić information content (AvgIpc) is 3.39. The van der Waals surface area contributed by atoms with E-state index < -0.39 is 23.5 Å². The number of ether oxygens (including phenoxy) is 1. The highest BCUT2D eigenvalue weighted by Crippen LogP contribution is 2.43. The third-order valence-electron chi connectivity index (χ3n) is 5.84. The van der Waals surface area contributed by atoms with E-state index in [-0.39, 0.29) is 11.3 Å². The molecule has 0 spiro atoms. The van der Waals surface area contributed by atoms with Crippen molar-refractivity contribution in [1.29, 1.82) is 0 Å². The molecule has 4 aromatic rings. The third kappa shape index (κ3) is 3.83. The Morgan fingerprint density at radius 1 is 1.14 bits per heavy atom. The molecule has 0 bridgehead atoms. The maximum atomic E-state index is 13.7. The molecule has 0 fully saturated rings. The number of aryl methyl sites for hydroxylation is 1. The summed E-state index contributed by atoms with van der Waals surface area (Å²) in [6.07, 6.45) is 1.55. The minimum Gasteiger partial charge on any atom is -0.503 e. The molecule has 0 saturated heterocycles. The Morgan fingerprint density at radius 2 is 1.94 bits per heavy atom. The van der Waals surface area contributed by atoms with Gasteiger partial charge in [0, 0.05) is 33.4 Å². The summed E-state index contributed by atoms with van der Waals surface area (Å²) in [6.45, 7) is 1.83. The number of carbonyl (C=O) groups excluding carboxylic acids is 2. The van der Waals surface area contributed by atoms with Crippen LogP contribution in [0.25, 0.3) is 11.0 Å². The fourth-order valence-corrected chi connectivity index (χ4v) is 4.53. The van der Waals surface area contributed by atoms with Gasteiger partial charge in [-0.2, -0.15) is 0 Å². The number of fused-ring (bicyclic) bond motifs is 1. The van der Waals surface area contributed by atoms with Gasteiger partial charge in [-0.1, -0.05) is 35.3 Å². The zero-order valence-corrected chi connectivity index (χ0v) is 20.1. The van der Waals surface area contributed by atoms with E-state index in [9.17, 15) is 14.7 Å². The molecule has 35 heavy (non-hydrogen) atoms. The smallest absolute Gasteiger partial charge is 0.294 e. The molecule has 2 aromatic carbocycles. The van der Waals surface area contributed by atoms with Gasteiger partial charge in [-0.25, -0.2) is 0 Å². The second-order valence-electron chi connectivity index (χ2n) is 7.99. The normalized spacial score (nSPS) is 15.8. The largest absolute Gasteiger partial charge is 0.503 e. The number of benzene rings is 2. The lowest BCUT2D eigenvalue weighted by molar-refractivity contribution is -0.117. The minimum absolute atomic E-state index is 0.0837. The first kappa shape index (κ1) is 23.0. The molecular weight excluding hydrogens is 491 g/mol. The standard InChI is InChI=1S/C26H18Cl2N2O5/c1-13-6-7-16(12-17(13)28)30-22(18-5-3-4-8-29-18)21(24(32)26(30)33)23(31)19-10-14-9-15(27)11-20(34-2)25(14)35-19/h3-12,22,32H,1-2H3. The van der Waals surface area contributed by atoms with Crippen molar-refractivity contribution in [1.82, 2.24) is 4.98 Å². The van der Waals surface area contributed by atoms with Gasteiger partial charge < -0.3 is 14.3 Å². The van der Waals surface area contributed by atoms with Crippen LogP contribution in [-0.2, 0) is 4.79 Å². The fourth-order valence-electron chi connectivity index (χ4n) is 4.13. The number of furan rings is 1. The van der Waals surface area contributed by atoms with Crippen molar-refractivity contribution in [2.75, 3.05) is 12.0 Å². The second-order valence-corrected chi connectivity index (χ2v) is 8.84. The van der Waals surface area contributed by atoms with Crippen molar-refractivity contribution in [2.24, 2.45) is 0 Å². The van der Waals surface area contributed by atoms with E-state index in [1.165, 1.54) is 18.1 Å². The number of aliphatic hydroxyl groups excluding tert-OH is 1. The van der Waals surface area contributed by atoms with Crippen LogP contribution in [0.4, 0.5) is 5.69 Å². The Balaban J connectivity index is 1.66. The second kappa shape index (κ2) is 8.76. The molecule has 7 nitrogen and oxygen atoms in total. The lowest BCUT2D eigenvalue weighted by Crippen LogP contribution is -2.31. The number of nitrogens with zero attached hydrogens (tertiary/aromatic N) is 2. The van der Waals surface area contributed by atoms with Gasteiger partial charge in [0.1, 0.15) is 6.04 Å². The third-order valence-corrected chi connectivity index (χ3v) is 6.47. The van der Waals surface area contributed by atoms with Gasteiger partial charge >= 0.3 is 0 Å². The molecule has 1 aliphatic rings. The highest BCUT2D eigenvalue weighted by Gasteiger charge is 2.46. The van der Waals surface area contributed by atoms with Crippen molar-refractivity contribution < 1.29 is 23.8 Å². The summed E-state index contributed by atoms with van der Waals surface area (Å²) in [6, 6.07) is 13.9. The number of Topliss-reactive ketones (excluding diaryl/α,β-unsaturated/α-hetero) is 1. The van der Waals surface area contributed by atoms with Gasteiger partial charge in [0.2, 0.25) is 5.78 Å². The Morgan fingerprint density at radius 3 is 2.63 bits per heavy atom. The van der Waals surface area contributed by atoms with Crippen LogP contribution < -0.4 is 9.64 Å². The number of hydrogen-bond donors (Lipinski definition) is 1. The molecule has 1 N–H and O–H groups in total. The predicted octanol–water partition coefficient (Wildman–Crippen LogP) is 6.23. The lowest BCUT2D eigenvalue weighted by Gasteiger charge is -2.26. The number of rotatable bonds is 5. The van der Waals surface area contributed by atoms with Gasteiger partial charge in [-0.3, -0.25) is 19.5 Å². The zero-order valence-electron chi connectivity index (χ0n) is 18.6. The van der Waals surface area contributed by atoms with E-state index in [0.717, 1.165) is 5.56 Å². The number of carbonyl (C=O) groups is 2. The molecule has 9 heteroatoms. The van der Waals surface area contributed by atoms with Crippen LogP contribution in [0.15, 0.2) is 76.5 Å². The van der Waals surface area contributed by atoms with E-state index in [1.807, 2.05) is 6.92 Å². The minimum atomic E-state index is -1.01. The molecule has 1 atom stereocenters. The number of halogens is 2. The summed E-state index contributed by atoms with van der Waals surface area (Å²) in [7, 11) is 1.46. The zero-order chi connectivity index (χ0) is 24.9. The van der Waals surface area contributed by atoms with Crippen LogP contribution in [0.2, 0.25) is 10.0 Å². The van der Waals surface area contributed by atoms with Crippen LogP contribution in [0.1, 0.15) is 27.9 Å². The molecule has 3 heterocycles. The number of aliphatic hydroxyl groups is 1. The van der Waals surface area contributed by atoms with Crippen molar-refractivity contribution in [2.45, 2.75) is 13.0 Å². The average molecular weight is 509 g/mol. The van der Waals surface area contributed by atoms with Crippen LogP contribution in [0, 0.1) is 6.92 Å². The van der Waals surface area contributed by atoms with Gasteiger partial charge in [-0.05, 0) is 48.9 Å². The first-order valence-electron chi connectivity index (χ1n) is 10.6. The van der Waals surface area contributed by atoms with Gasteiger partial charge in [-0.15, -0.1) is 0 Å². The van der Waals surface area contributed by atoms with E-state index in [1.54, 1.807) is 54.7 Å². The maximum absolute atomic E-state index is 13.7. The SMILES string of the molecule is COc1cc(Cl)cc2cc(C(=O)C3=C(O)C(=O)N(c4ccc(C)c(Cl)c4)C3c3ccccn3)oc12. The van der Waals surface area contributed by atoms with Crippen molar-refractivity contribution in [3.05, 3.63) is 99.2 Å². The monoisotopic (exact) mass is 508 g/mol. The van der Waals surface area contributed by atoms with Gasteiger partial charge in [0.15, 0.2) is 22.9 Å². The molecule has 0 aliphatic carbocycles. The summed E-state index contributed by atoms with van der Waals surface area (Å²) in [5.74, 6) is -1.83. The molecule has 0 radical (unpaired) electrons. The summed E-state index contributed by atoms with van der Waals surface area (Å²) in [5, 5.41) is 12.3. The van der Waals surface area contributed by atoms with Crippen molar-refractivity contribution in [3.63, 3.8) is 0 Å². The first-order chi connectivity index (χ1) is 16.8.